The van der Waals surface area contributed by atoms with Gasteiger partial charge in [-0.2, -0.15) is 10.2 Å². The third-order valence-electron chi connectivity index (χ3n) is 7.29. The minimum Gasteiger partial charge on any atom is -0.492 e. The van der Waals surface area contributed by atoms with Crippen LogP contribution >= 0.6 is 0 Å². The molecule has 46 heavy (non-hydrogen) atoms. The maximum absolute atomic E-state index is 12.5. The number of likely N-dealkylation sites (N-methyl/N-ethyl adjacent to an activating group) is 2. The van der Waals surface area contributed by atoms with Crippen LogP contribution in [0, 0.1) is 0 Å². The number of rotatable bonds is 13. The van der Waals surface area contributed by atoms with Crippen molar-refractivity contribution in [2.45, 2.75) is 52.6 Å². The van der Waals surface area contributed by atoms with Crippen LogP contribution in [0.5, 0.6) is 34.5 Å². The molecule has 2 aromatic carbocycles. The van der Waals surface area contributed by atoms with Crippen LogP contribution in [0.15, 0.2) is 22.3 Å². The first-order valence-corrected chi connectivity index (χ1v) is 15.1. The van der Waals surface area contributed by atoms with Crippen LogP contribution in [0.2, 0.25) is 0 Å². The fourth-order valence-electron chi connectivity index (χ4n) is 4.93. The Hall–Kier alpha value is -4.88. The highest BCUT2D eigenvalue weighted by atomic mass is 16.7. The lowest BCUT2D eigenvalue weighted by Gasteiger charge is -2.21. The predicted octanol–water partition coefficient (Wildman–Crippen LogP) is 3.80. The number of amides is 4. The number of fused-ring (bicyclic) bond motifs is 2. The number of hydrogen-bond donors (Lipinski definition) is 2. The monoisotopic (exact) mass is 640 g/mol. The number of carbonyl (C=O) groups is 2. The molecule has 0 unspecified atom stereocenters. The van der Waals surface area contributed by atoms with E-state index in [0.717, 1.165) is 11.1 Å². The Morgan fingerprint density at radius 2 is 1.15 bits per heavy atom. The van der Waals surface area contributed by atoms with E-state index in [1.807, 2.05) is 39.8 Å². The lowest BCUT2D eigenvalue weighted by atomic mass is 10.0. The fraction of sp³-hybridized carbons (Fsp3) is 0.500. The second-order valence-electron chi connectivity index (χ2n) is 11.5. The summed E-state index contributed by atoms with van der Waals surface area (Å²) >= 11 is 0. The second-order valence-corrected chi connectivity index (χ2v) is 11.5. The molecule has 0 bridgehead atoms. The van der Waals surface area contributed by atoms with Gasteiger partial charge in [-0.05, 0) is 63.8 Å². The van der Waals surface area contributed by atoms with Crippen LogP contribution in [0.25, 0.3) is 0 Å². The average Bonchev–Trinajstić information content (AvgIpc) is 3.68. The number of urea groups is 2. The standard InChI is InChI=1S/C32H44N6O8/c1-19(2)35-31(39)37(5)11-9-21-13-25-29(45-17-43-25)27(41-7)23(21)15-33-34-16-24-22(10-12-38(6)32(40)36-20(3)4)14-26-30(28(24)42-8)46-18-44-26/h13-16,19-20H,9-12,17-18H2,1-8H3,(H,35,39)(H,36,40). The molecule has 14 nitrogen and oxygen atoms in total. The van der Waals surface area contributed by atoms with Crippen LogP contribution in [0.4, 0.5) is 9.59 Å². The van der Waals surface area contributed by atoms with Gasteiger partial charge in [-0.3, -0.25) is 0 Å². The molecule has 0 aromatic heterocycles. The predicted molar refractivity (Wildman–Crippen MR) is 173 cm³/mol. The van der Waals surface area contributed by atoms with Gasteiger partial charge >= 0.3 is 12.1 Å². The van der Waals surface area contributed by atoms with E-state index in [4.69, 9.17) is 28.4 Å². The van der Waals surface area contributed by atoms with Crippen molar-refractivity contribution in [3.63, 3.8) is 0 Å². The Labute approximate surface area is 269 Å². The van der Waals surface area contributed by atoms with Crippen molar-refractivity contribution in [2.24, 2.45) is 10.2 Å². The molecule has 2 N–H and O–H groups in total. The first-order valence-electron chi connectivity index (χ1n) is 15.1. The Bertz CT molecular complexity index is 1370. The average molecular weight is 641 g/mol. The number of hydrogen-bond acceptors (Lipinski definition) is 10. The van der Waals surface area contributed by atoms with Crippen LogP contribution in [-0.2, 0) is 12.8 Å². The summed E-state index contributed by atoms with van der Waals surface area (Å²) in [4.78, 5) is 28.2. The molecule has 2 aliphatic rings. The molecule has 0 saturated carbocycles. The summed E-state index contributed by atoms with van der Waals surface area (Å²) in [6.45, 7) is 8.67. The van der Waals surface area contributed by atoms with Gasteiger partial charge in [0.2, 0.25) is 25.1 Å². The Morgan fingerprint density at radius 3 is 1.50 bits per heavy atom. The van der Waals surface area contributed by atoms with E-state index in [2.05, 4.69) is 20.8 Å². The van der Waals surface area contributed by atoms with Gasteiger partial charge in [0.15, 0.2) is 23.0 Å². The third kappa shape index (κ3) is 8.03. The van der Waals surface area contributed by atoms with Crippen molar-refractivity contribution < 1.29 is 38.0 Å². The van der Waals surface area contributed by atoms with Crippen LogP contribution in [-0.4, -0.2) is 101 Å². The molecule has 2 aromatic rings. The van der Waals surface area contributed by atoms with Crippen molar-refractivity contribution in [3.05, 3.63) is 34.4 Å². The summed E-state index contributed by atoms with van der Waals surface area (Å²) in [6.07, 6.45) is 4.17. The van der Waals surface area contributed by atoms with E-state index in [9.17, 15) is 9.59 Å². The van der Waals surface area contributed by atoms with Crippen molar-refractivity contribution in [3.8, 4) is 34.5 Å². The van der Waals surface area contributed by atoms with Gasteiger partial charge in [-0.1, -0.05) is 0 Å². The number of carbonyl (C=O) groups excluding carboxylic acids is 2. The highest BCUT2D eigenvalue weighted by Gasteiger charge is 2.26. The molecule has 2 heterocycles. The second kappa shape index (κ2) is 15.4. The fourth-order valence-corrected chi connectivity index (χ4v) is 4.93. The first kappa shape index (κ1) is 34.0. The van der Waals surface area contributed by atoms with E-state index < -0.39 is 0 Å². The molecule has 2 aliphatic heterocycles. The zero-order valence-electron chi connectivity index (χ0n) is 27.8. The van der Waals surface area contributed by atoms with Gasteiger partial charge in [-0.25, -0.2) is 9.59 Å². The van der Waals surface area contributed by atoms with Gasteiger partial charge in [0.25, 0.3) is 0 Å². The highest BCUT2D eigenvalue weighted by Crippen LogP contribution is 2.46. The molecule has 14 heteroatoms. The molecule has 0 aliphatic carbocycles. The summed E-state index contributed by atoms with van der Waals surface area (Å²) in [5, 5.41) is 14.5. The number of nitrogens with one attached hydrogen (secondary N) is 2. The minimum absolute atomic E-state index is 0.0235. The molecular formula is C32H44N6O8. The first-order chi connectivity index (χ1) is 22.0. The van der Waals surface area contributed by atoms with Crippen molar-refractivity contribution in [1.82, 2.24) is 20.4 Å². The summed E-state index contributed by atoms with van der Waals surface area (Å²) in [6, 6.07) is 3.46. The van der Waals surface area contributed by atoms with Crippen molar-refractivity contribution >= 4 is 24.5 Å². The van der Waals surface area contributed by atoms with Gasteiger partial charge < -0.3 is 48.9 Å². The summed E-state index contributed by atoms with van der Waals surface area (Å²) in [5.41, 5.74) is 2.98. The molecule has 4 amide bonds. The van der Waals surface area contributed by atoms with E-state index in [1.165, 1.54) is 0 Å². The topological polar surface area (TPSA) is 145 Å². The molecule has 0 spiro atoms. The van der Waals surface area contributed by atoms with Crippen LogP contribution < -0.4 is 39.1 Å². The Balaban J connectivity index is 1.62. The number of benzene rings is 2. The summed E-state index contributed by atoms with van der Waals surface area (Å²) in [5.74, 6) is 3.00. The Morgan fingerprint density at radius 1 is 0.761 bits per heavy atom. The molecule has 0 atom stereocenters. The molecular weight excluding hydrogens is 596 g/mol. The number of ether oxygens (including phenoxy) is 6. The smallest absolute Gasteiger partial charge is 0.317 e. The van der Waals surface area contributed by atoms with Crippen molar-refractivity contribution in [1.29, 1.82) is 0 Å². The van der Waals surface area contributed by atoms with E-state index in [-0.39, 0.29) is 37.7 Å². The van der Waals surface area contributed by atoms with Crippen molar-refractivity contribution in [2.75, 3.05) is 55.0 Å². The molecule has 0 radical (unpaired) electrons. The highest BCUT2D eigenvalue weighted by molar-refractivity contribution is 5.91. The van der Waals surface area contributed by atoms with Crippen LogP contribution in [0.1, 0.15) is 49.9 Å². The minimum atomic E-state index is -0.164. The van der Waals surface area contributed by atoms with Crippen LogP contribution in [0.3, 0.4) is 0 Å². The number of nitrogens with zero attached hydrogens (tertiary/aromatic N) is 4. The lowest BCUT2D eigenvalue weighted by molar-refractivity contribution is 0.171. The quantitative estimate of drug-likeness (QED) is 0.249. The SMILES string of the molecule is COc1c(C=NN=Cc2c(CCN(C)C(=O)NC(C)C)cc3c(c2OC)OCO3)c(CCN(C)C(=O)NC(C)C)cc2c1OCO2. The summed E-state index contributed by atoms with van der Waals surface area (Å²) in [7, 11) is 6.58. The maximum atomic E-state index is 12.5. The normalized spacial score (nSPS) is 13.2. The van der Waals surface area contributed by atoms with Gasteiger partial charge in [0, 0.05) is 50.4 Å². The van der Waals surface area contributed by atoms with E-state index in [1.54, 1.807) is 50.5 Å². The molecule has 4 rings (SSSR count). The third-order valence-corrected chi connectivity index (χ3v) is 7.29. The Kier molecular flexibility index (Phi) is 11.4. The summed E-state index contributed by atoms with van der Waals surface area (Å²) < 4.78 is 34.1. The largest absolute Gasteiger partial charge is 0.492 e. The lowest BCUT2D eigenvalue weighted by Crippen LogP contribution is -2.41. The van der Waals surface area contributed by atoms with Gasteiger partial charge in [0.05, 0.1) is 26.6 Å². The zero-order chi connectivity index (χ0) is 33.4. The zero-order valence-corrected chi connectivity index (χ0v) is 27.8. The molecule has 250 valence electrons. The van der Waals surface area contributed by atoms with E-state index in [0.29, 0.717) is 71.6 Å². The maximum Gasteiger partial charge on any atom is 0.317 e. The number of methoxy groups -OCH3 is 2. The molecule has 0 fully saturated rings. The van der Waals surface area contributed by atoms with Gasteiger partial charge in [0.1, 0.15) is 0 Å². The van der Waals surface area contributed by atoms with E-state index >= 15 is 0 Å². The van der Waals surface area contributed by atoms with Gasteiger partial charge in [-0.15, -0.1) is 0 Å². The molecule has 0 saturated heterocycles.